The average Bonchev–Trinajstić information content (AvgIpc) is 3.10. The lowest BCUT2D eigenvalue weighted by Gasteiger charge is -2.40. The Bertz CT molecular complexity index is 1210. The quantitative estimate of drug-likeness (QED) is 0.386. The second-order valence-electron chi connectivity index (χ2n) is 9.53. The Morgan fingerprint density at radius 3 is 2.34 bits per heavy atom. The molecule has 1 N–H and O–H groups in total. The number of rotatable bonds is 6. The second kappa shape index (κ2) is 11.2. The molecule has 2 unspecified atom stereocenters. The zero-order valence-electron chi connectivity index (χ0n) is 20.8. The Morgan fingerprint density at radius 1 is 1.13 bits per heavy atom. The Morgan fingerprint density at radius 2 is 1.76 bits per heavy atom. The first-order chi connectivity index (χ1) is 17.9. The van der Waals surface area contributed by atoms with Gasteiger partial charge in [-0.15, -0.1) is 13.2 Å². The Kier molecular flexibility index (Phi) is 8.17. The van der Waals surface area contributed by atoms with Crippen molar-refractivity contribution in [3.8, 4) is 5.75 Å². The molecule has 0 spiro atoms. The summed E-state index contributed by atoms with van der Waals surface area (Å²) in [4.78, 5) is 30.7. The molecule has 0 aliphatic carbocycles. The zero-order chi connectivity index (χ0) is 27.6. The van der Waals surface area contributed by atoms with Crippen LogP contribution in [-0.4, -0.2) is 72.3 Å². The van der Waals surface area contributed by atoms with E-state index in [0.717, 1.165) is 30.5 Å². The molecule has 4 rings (SSSR count). The number of benzene rings is 2. The number of nitrogens with one attached hydrogen (secondary N) is 1. The van der Waals surface area contributed by atoms with Crippen molar-refractivity contribution in [1.29, 1.82) is 0 Å². The molecule has 2 fully saturated rings. The van der Waals surface area contributed by atoms with Crippen LogP contribution in [0.3, 0.4) is 0 Å². The monoisotopic (exact) mass is 554 g/mol. The summed E-state index contributed by atoms with van der Waals surface area (Å²) in [6.07, 6.45) is -0.677. The van der Waals surface area contributed by atoms with Gasteiger partial charge >= 0.3 is 12.4 Å². The van der Waals surface area contributed by atoms with Crippen LogP contribution < -0.4 is 10.1 Å². The number of ether oxygens (including phenoxy) is 1. The van der Waals surface area contributed by atoms with Crippen LogP contribution >= 0.6 is 11.6 Å². The van der Waals surface area contributed by atoms with Crippen molar-refractivity contribution in [1.82, 2.24) is 14.7 Å². The number of piperazine rings is 1. The molecule has 2 aliphatic heterocycles. The minimum atomic E-state index is -4.97. The van der Waals surface area contributed by atoms with Crippen LogP contribution in [0.2, 0.25) is 5.02 Å². The molecule has 2 atom stereocenters. The van der Waals surface area contributed by atoms with Gasteiger partial charge in [-0.05, 0) is 48.7 Å². The van der Waals surface area contributed by atoms with E-state index in [9.17, 15) is 27.2 Å². The number of hydrogen-bond donors (Lipinski definition) is 1. The van der Waals surface area contributed by atoms with Crippen molar-refractivity contribution < 1.29 is 31.9 Å². The van der Waals surface area contributed by atoms with E-state index in [-0.39, 0.29) is 40.1 Å². The average molecular weight is 555 g/mol. The van der Waals surface area contributed by atoms with Gasteiger partial charge in [0.15, 0.2) is 0 Å². The molecule has 0 saturated carbocycles. The largest absolute Gasteiger partial charge is 0.573 e. The van der Waals surface area contributed by atoms with Crippen LogP contribution in [0.15, 0.2) is 42.5 Å². The molecule has 3 amide bonds. The van der Waals surface area contributed by atoms with Gasteiger partial charge in [-0.2, -0.15) is 0 Å². The normalized spacial score (nSPS) is 19.6. The number of carbonyl (C=O) groups is 2. The molecule has 2 bridgehead atoms. The van der Waals surface area contributed by atoms with Gasteiger partial charge in [-0.3, -0.25) is 9.69 Å². The van der Waals surface area contributed by atoms with Gasteiger partial charge in [0.2, 0.25) is 5.91 Å². The summed E-state index contributed by atoms with van der Waals surface area (Å²) in [5, 5.41) is 2.21. The molecule has 204 valence electrons. The molecule has 2 saturated heterocycles. The molecule has 0 radical (unpaired) electrons. The first-order valence-corrected chi connectivity index (χ1v) is 12.3. The fraction of sp³-hybridized carbons (Fsp3) is 0.385. The van der Waals surface area contributed by atoms with E-state index in [1.54, 1.807) is 17.0 Å². The van der Waals surface area contributed by atoms with Crippen LogP contribution in [0.25, 0.3) is 6.08 Å². The highest BCUT2D eigenvalue weighted by atomic mass is 35.5. The fourth-order valence-electron chi connectivity index (χ4n) is 4.82. The number of urea groups is 1. The Labute approximate surface area is 222 Å². The molecular formula is C26H27ClF4N4O3. The molecule has 2 aromatic carbocycles. The minimum absolute atomic E-state index is 0.0198. The molecule has 0 aromatic heterocycles. The van der Waals surface area contributed by atoms with Gasteiger partial charge in [-0.25, -0.2) is 9.18 Å². The maximum Gasteiger partial charge on any atom is 0.573 e. The highest BCUT2D eigenvalue weighted by Gasteiger charge is 2.41. The molecule has 38 heavy (non-hydrogen) atoms. The lowest BCUT2D eigenvalue weighted by molar-refractivity contribution is -0.274. The van der Waals surface area contributed by atoms with E-state index in [1.807, 2.05) is 0 Å². The van der Waals surface area contributed by atoms with Crippen LogP contribution in [0.5, 0.6) is 5.75 Å². The molecule has 12 heteroatoms. The highest BCUT2D eigenvalue weighted by Crippen LogP contribution is 2.36. The van der Waals surface area contributed by atoms with E-state index in [0.29, 0.717) is 19.6 Å². The molecule has 7 nitrogen and oxygen atoms in total. The third kappa shape index (κ3) is 6.76. The van der Waals surface area contributed by atoms with Gasteiger partial charge < -0.3 is 19.9 Å². The topological polar surface area (TPSA) is 65.1 Å². The van der Waals surface area contributed by atoms with Crippen molar-refractivity contribution in [2.75, 3.05) is 32.5 Å². The number of amides is 3. The summed E-state index contributed by atoms with van der Waals surface area (Å²) in [6.45, 7) is 1.96. The summed E-state index contributed by atoms with van der Waals surface area (Å²) in [7, 11) is 3.01. The van der Waals surface area contributed by atoms with Crippen LogP contribution in [-0.2, 0) is 11.3 Å². The number of anilines is 1. The van der Waals surface area contributed by atoms with Gasteiger partial charge in [0, 0.05) is 57.5 Å². The number of alkyl halides is 3. The second-order valence-corrected chi connectivity index (χ2v) is 9.93. The molecular weight excluding hydrogens is 528 g/mol. The van der Waals surface area contributed by atoms with E-state index in [1.165, 1.54) is 43.3 Å². The predicted molar refractivity (Wildman–Crippen MR) is 135 cm³/mol. The Balaban J connectivity index is 1.51. The third-order valence-corrected chi connectivity index (χ3v) is 6.81. The van der Waals surface area contributed by atoms with Crippen molar-refractivity contribution in [2.45, 2.75) is 37.8 Å². The van der Waals surface area contributed by atoms with Crippen molar-refractivity contribution in [3.63, 3.8) is 0 Å². The van der Waals surface area contributed by atoms with Gasteiger partial charge in [0.05, 0.1) is 10.7 Å². The number of carbonyl (C=O) groups excluding carboxylic acids is 2. The first kappa shape index (κ1) is 27.7. The smallest absolute Gasteiger partial charge is 0.404 e. The number of fused-ring (bicyclic) bond motifs is 2. The zero-order valence-corrected chi connectivity index (χ0v) is 21.5. The summed E-state index contributed by atoms with van der Waals surface area (Å²) in [5.41, 5.74) is 1.23. The SMILES string of the molecule is CN(C)C(=O)Nc1cc(Cl)c(OC(F)(F)F)cc1C=CC(=O)N1C2CCC1CN(Cc1ccc(F)cc1)C2. The van der Waals surface area contributed by atoms with Crippen molar-refractivity contribution in [3.05, 3.63) is 64.4 Å². The summed E-state index contributed by atoms with van der Waals surface area (Å²) < 4.78 is 55.8. The predicted octanol–water partition coefficient (Wildman–Crippen LogP) is 5.36. The van der Waals surface area contributed by atoms with Crippen molar-refractivity contribution in [2.24, 2.45) is 0 Å². The third-order valence-electron chi connectivity index (χ3n) is 6.51. The molecule has 2 aromatic rings. The Hall–Kier alpha value is -3.31. The lowest BCUT2D eigenvalue weighted by atomic mass is 10.1. The van der Waals surface area contributed by atoms with E-state index >= 15 is 0 Å². The van der Waals surface area contributed by atoms with Crippen LogP contribution in [0.4, 0.5) is 28.0 Å². The standard InChI is InChI=1S/C26H27ClF4N4O3/c1-33(2)25(37)32-22-12-21(27)23(38-26(29,30)31)11-17(22)5-10-24(36)35-19-8-9-20(35)15-34(14-19)13-16-3-6-18(28)7-4-16/h3-7,10-12,19-20H,8-9,13-15H2,1-2H3,(H,32,37). The number of nitrogens with zero attached hydrogens (tertiary/aromatic N) is 3. The lowest BCUT2D eigenvalue weighted by Crippen LogP contribution is -2.55. The van der Waals surface area contributed by atoms with Gasteiger partial charge in [0.1, 0.15) is 11.6 Å². The van der Waals surface area contributed by atoms with E-state index in [2.05, 4.69) is 15.0 Å². The maximum absolute atomic E-state index is 13.2. The molecule has 2 aliphatic rings. The fourth-order valence-corrected chi connectivity index (χ4v) is 5.02. The maximum atomic E-state index is 13.2. The van der Waals surface area contributed by atoms with E-state index in [4.69, 9.17) is 11.6 Å². The number of likely N-dealkylation sites (tertiary alicyclic amines) is 1. The highest BCUT2D eigenvalue weighted by molar-refractivity contribution is 6.32. The van der Waals surface area contributed by atoms with E-state index < -0.39 is 18.1 Å². The first-order valence-electron chi connectivity index (χ1n) is 11.9. The molecule has 2 heterocycles. The summed E-state index contributed by atoms with van der Waals surface area (Å²) in [5.74, 6) is -1.22. The van der Waals surface area contributed by atoms with Crippen LogP contribution in [0.1, 0.15) is 24.0 Å². The van der Waals surface area contributed by atoms with Crippen LogP contribution in [0, 0.1) is 5.82 Å². The minimum Gasteiger partial charge on any atom is -0.404 e. The summed E-state index contributed by atoms with van der Waals surface area (Å²) >= 11 is 5.97. The summed E-state index contributed by atoms with van der Waals surface area (Å²) in [6, 6.07) is 7.94. The van der Waals surface area contributed by atoms with Crippen molar-refractivity contribution >= 4 is 35.3 Å². The van der Waals surface area contributed by atoms with Gasteiger partial charge in [0.25, 0.3) is 0 Å². The number of halogens is 5. The number of hydrogen-bond acceptors (Lipinski definition) is 4. The van der Waals surface area contributed by atoms with Gasteiger partial charge in [-0.1, -0.05) is 23.7 Å².